The highest BCUT2D eigenvalue weighted by atomic mass is 16.5. The smallest absolute Gasteiger partial charge is 0.279 e. The van der Waals surface area contributed by atoms with Crippen molar-refractivity contribution in [3.05, 3.63) is 66.0 Å². The molecule has 0 atom stereocenters. The highest BCUT2D eigenvalue weighted by Crippen LogP contribution is 2.20. The van der Waals surface area contributed by atoms with E-state index in [9.17, 15) is 4.79 Å². The van der Waals surface area contributed by atoms with Crippen LogP contribution in [0.5, 0.6) is 0 Å². The van der Waals surface area contributed by atoms with Crippen molar-refractivity contribution in [1.82, 2.24) is 10.1 Å². The minimum atomic E-state index is -0.350. The predicted octanol–water partition coefficient (Wildman–Crippen LogP) is 3.30. The van der Waals surface area contributed by atoms with Gasteiger partial charge in [0.1, 0.15) is 5.82 Å². The SMILES string of the molecule is Cc1ccc(NC(=O)c2cc(-c3ccccc3)on2)nc1. The average molecular weight is 279 g/mol. The molecule has 0 fully saturated rings. The van der Waals surface area contributed by atoms with E-state index in [1.807, 2.05) is 43.3 Å². The molecule has 2 aromatic heterocycles. The summed E-state index contributed by atoms with van der Waals surface area (Å²) in [6, 6.07) is 14.7. The lowest BCUT2D eigenvalue weighted by atomic mass is 10.1. The van der Waals surface area contributed by atoms with E-state index in [4.69, 9.17) is 4.52 Å². The molecule has 5 nitrogen and oxygen atoms in total. The van der Waals surface area contributed by atoms with Crippen molar-refractivity contribution in [3.8, 4) is 11.3 Å². The number of pyridine rings is 1. The van der Waals surface area contributed by atoms with Gasteiger partial charge in [-0.15, -0.1) is 0 Å². The summed E-state index contributed by atoms with van der Waals surface area (Å²) >= 11 is 0. The molecule has 2 heterocycles. The molecule has 3 aromatic rings. The van der Waals surface area contributed by atoms with E-state index in [1.165, 1.54) is 0 Å². The molecule has 1 N–H and O–H groups in total. The van der Waals surface area contributed by atoms with Crippen LogP contribution < -0.4 is 5.32 Å². The minimum Gasteiger partial charge on any atom is -0.355 e. The Kier molecular flexibility index (Phi) is 3.47. The van der Waals surface area contributed by atoms with Crippen LogP contribution in [0, 0.1) is 6.92 Å². The molecule has 0 aliphatic rings. The number of benzene rings is 1. The largest absolute Gasteiger partial charge is 0.355 e. The van der Waals surface area contributed by atoms with Crippen LogP contribution in [-0.4, -0.2) is 16.0 Å². The molecular weight excluding hydrogens is 266 g/mol. The Balaban J connectivity index is 1.77. The van der Waals surface area contributed by atoms with Crippen molar-refractivity contribution >= 4 is 11.7 Å². The fourth-order valence-corrected chi connectivity index (χ4v) is 1.84. The summed E-state index contributed by atoms with van der Waals surface area (Å²) in [5, 5.41) is 6.47. The summed E-state index contributed by atoms with van der Waals surface area (Å²) in [7, 11) is 0. The summed E-state index contributed by atoms with van der Waals surface area (Å²) < 4.78 is 5.20. The zero-order valence-corrected chi connectivity index (χ0v) is 11.4. The molecule has 0 bridgehead atoms. The number of nitrogens with one attached hydrogen (secondary N) is 1. The summed E-state index contributed by atoms with van der Waals surface area (Å²) in [5.41, 5.74) is 2.12. The standard InChI is InChI=1S/C16H13N3O2/c1-11-7-8-15(17-10-11)18-16(20)13-9-14(21-19-13)12-5-3-2-4-6-12/h2-10H,1H3,(H,17,18,20). The first-order valence-corrected chi connectivity index (χ1v) is 6.48. The van der Waals surface area contributed by atoms with Gasteiger partial charge in [-0.1, -0.05) is 41.6 Å². The Morgan fingerprint density at radius 2 is 1.95 bits per heavy atom. The van der Waals surface area contributed by atoms with Gasteiger partial charge in [-0.3, -0.25) is 4.79 Å². The van der Waals surface area contributed by atoms with Gasteiger partial charge >= 0.3 is 0 Å². The molecule has 0 saturated carbocycles. The highest BCUT2D eigenvalue weighted by molar-refractivity contribution is 6.02. The molecule has 104 valence electrons. The number of hydrogen-bond donors (Lipinski definition) is 1. The molecule has 5 heteroatoms. The van der Waals surface area contributed by atoms with Crippen molar-refractivity contribution in [2.75, 3.05) is 5.32 Å². The van der Waals surface area contributed by atoms with E-state index in [-0.39, 0.29) is 11.6 Å². The normalized spacial score (nSPS) is 10.3. The third-order valence-electron chi connectivity index (χ3n) is 2.95. The Hall–Kier alpha value is -2.95. The van der Waals surface area contributed by atoms with Crippen molar-refractivity contribution in [2.45, 2.75) is 6.92 Å². The second-order valence-corrected chi connectivity index (χ2v) is 4.62. The third-order valence-corrected chi connectivity index (χ3v) is 2.95. The van der Waals surface area contributed by atoms with E-state index in [1.54, 1.807) is 18.3 Å². The van der Waals surface area contributed by atoms with Crippen molar-refractivity contribution in [1.29, 1.82) is 0 Å². The maximum absolute atomic E-state index is 12.1. The van der Waals surface area contributed by atoms with Gasteiger partial charge in [0.05, 0.1) is 0 Å². The van der Waals surface area contributed by atoms with Crippen LogP contribution in [0.3, 0.4) is 0 Å². The number of aromatic nitrogens is 2. The number of nitrogens with zero attached hydrogens (tertiary/aromatic N) is 2. The van der Waals surface area contributed by atoms with Gasteiger partial charge in [0.2, 0.25) is 0 Å². The fourth-order valence-electron chi connectivity index (χ4n) is 1.84. The van der Waals surface area contributed by atoms with Crippen molar-refractivity contribution in [2.24, 2.45) is 0 Å². The molecular formula is C16H13N3O2. The molecule has 21 heavy (non-hydrogen) atoms. The zero-order chi connectivity index (χ0) is 14.7. The van der Waals surface area contributed by atoms with Gasteiger partial charge in [-0.25, -0.2) is 4.98 Å². The van der Waals surface area contributed by atoms with E-state index < -0.39 is 0 Å². The zero-order valence-electron chi connectivity index (χ0n) is 11.4. The maximum Gasteiger partial charge on any atom is 0.279 e. The topological polar surface area (TPSA) is 68.0 Å². The summed E-state index contributed by atoms with van der Waals surface area (Å²) in [4.78, 5) is 16.2. The van der Waals surface area contributed by atoms with Crippen molar-refractivity contribution in [3.63, 3.8) is 0 Å². The Morgan fingerprint density at radius 3 is 2.67 bits per heavy atom. The van der Waals surface area contributed by atoms with Crippen LogP contribution >= 0.6 is 0 Å². The number of hydrogen-bond acceptors (Lipinski definition) is 4. The van der Waals surface area contributed by atoms with Crippen LogP contribution in [0.2, 0.25) is 0 Å². The van der Waals surface area contributed by atoms with Crippen LogP contribution in [0.25, 0.3) is 11.3 Å². The second kappa shape index (κ2) is 5.58. The number of amides is 1. The number of carbonyl (C=O) groups is 1. The lowest BCUT2D eigenvalue weighted by molar-refractivity contribution is 0.101. The quantitative estimate of drug-likeness (QED) is 0.798. The van der Waals surface area contributed by atoms with Gasteiger partial charge in [-0.05, 0) is 18.6 Å². The molecule has 0 aliphatic heterocycles. The maximum atomic E-state index is 12.1. The van der Waals surface area contributed by atoms with Crippen molar-refractivity contribution < 1.29 is 9.32 Å². The number of rotatable bonds is 3. The van der Waals surface area contributed by atoms with E-state index >= 15 is 0 Å². The molecule has 0 radical (unpaired) electrons. The first-order valence-electron chi connectivity index (χ1n) is 6.48. The van der Waals surface area contributed by atoms with Gasteiger partial charge in [0.15, 0.2) is 11.5 Å². The summed E-state index contributed by atoms with van der Waals surface area (Å²) in [5.74, 6) is 0.685. The highest BCUT2D eigenvalue weighted by Gasteiger charge is 2.14. The average Bonchev–Trinajstić information content (AvgIpc) is 3.00. The molecule has 3 rings (SSSR count). The van der Waals surface area contributed by atoms with Crippen LogP contribution in [0.1, 0.15) is 16.1 Å². The van der Waals surface area contributed by atoms with Crippen LogP contribution in [-0.2, 0) is 0 Å². The molecule has 0 saturated heterocycles. The third kappa shape index (κ3) is 2.97. The first kappa shape index (κ1) is 13.1. The molecule has 0 spiro atoms. The summed E-state index contributed by atoms with van der Waals surface area (Å²) in [6.45, 7) is 1.93. The summed E-state index contributed by atoms with van der Waals surface area (Å²) in [6.07, 6.45) is 1.69. The molecule has 0 aliphatic carbocycles. The lowest BCUT2D eigenvalue weighted by Gasteiger charge is -2.01. The number of carbonyl (C=O) groups excluding carboxylic acids is 1. The second-order valence-electron chi connectivity index (χ2n) is 4.62. The van der Waals surface area contributed by atoms with Crippen LogP contribution in [0.4, 0.5) is 5.82 Å². The Bertz CT molecular complexity index is 749. The van der Waals surface area contributed by atoms with Gasteiger partial charge in [0.25, 0.3) is 5.91 Å². The van der Waals surface area contributed by atoms with Crippen LogP contribution in [0.15, 0.2) is 59.3 Å². The number of anilines is 1. The van der Waals surface area contributed by atoms with Gasteiger partial charge in [0, 0.05) is 17.8 Å². The minimum absolute atomic E-state index is 0.219. The number of aryl methyl sites for hydroxylation is 1. The van der Waals surface area contributed by atoms with Gasteiger partial charge in [-0.2, -0.15) is 0 Å². The molecule has 1 amide bonds. The lowest BCUT2D eigenvalue weighted by Crippen LogP contribution is -2.13. The van der Waals surface area contributed by atoms with E-state index in [0.29, 0.717) is 11.6 Å². The van der Waals surface area contributed by atoms with E-state index in [0.717, 1.165) is 11.1 Å². The Morgan fingerprint density at radius 1 is 1.14 bits per heavy atom. The predicted molar refractivity (Wildman–Crippen MR) is 78.9 cm³/mol. The fraction of sp³-hybridized carbons (Fsp3) is 0.0625. The first-order chi connectivity index (χ1) is 10.2. The Labute approximate surface area is 121 Å². The van der Waals surface area contributed by atoms with E-state index in [2.05, 4.69) is 15.5 Å². The monoisotopic (exact) mass is 279 g/mol. The molecule has 1 aromatic carbocycles. The molecule has 0 unspecified atom stereocenters. The van der Waals surface area contributed by atoms with Gasteiger partial charge < -0.3 is 9.84 Å².